The quantitative estimate of drug-likeness (QED) is 0.562. The number of nitro benzene ring substituents is 1. The number of benzene rings is 2. The van der Waals surface area contributed by atoms with Crippen molar-refractivity contribution in [3.05, 3.63) is 69.3 Å². The Labute approximate surface area is 153 Å². The van der Waals surface area contributed by atoms with Gasteiger partial charge in [0, 0.05) is 19.2 Å². The van der Waals surface area contributed by atoms with Gasteiger partial charge in [-0.1, -0.05) is 36.4 Å². The van der Waals surface area contributed by atoms with Gasteiger partial charge in [0.2, 0.25) is 10.0 Å². The van der Waals surface area contributed by atoms with E-state index >= 15 is 0 Å². The van der Waals surface area contributed by atoms with Crippen molar-refractivity contribution in [2.24, 2.45) is 5.73 Å². The fraction of sp³-hybridized carbons (Fsp3) is 0.333. The minimum Gasteiger partial charge on any atom is -0.330 e. The number of hydrogen-bond acceptors (Lipinski definition) is 5. The van der Waals surface area contributed by atoms with Gasteiger partial charge < -0.3 is 5.73 Å². The number of aryl methyl sites for hydroxylation is 1. The van der Waals surface area contributed by atoms with Crippen molar-refractivity contribution in [3.8, 4) is 0 Å². The molecule has 8 heteroatoms. The smallest absolute Gasteiger partial charge is 0.289 e. The second kappa shape index (κ2) is 8.39. The van der Waals surface area contributed by atoms with E-state index in [4.69, 9.17) is 5.73 Å². The lowest BCUT2D eigenvalue weighted by Crippen LogP contribution is -2.33. The highest BCUT2D eigenvalue weighted by Crippen LogP contribution is 2.32. The fourth-order valence-electron chi connectivity index (χ4n) is 2.71. The lowest BCUT2D eigenvalue weighted by molar-refractivity contribution is -0.388. The Morgan fingerprint density at radius 1 is 1.12 bits per heavy atom. The monoisotopic (exact) mass is 377 g/mol. The van der Waals surface area contributed by atoms with Gasteiger partial charge in [-0.3, -0.25) is 10.1 Å². The van der Waals surface area contributed by atoms with Crippen molar-refractivity contribution in [2.45, 2.75) is 31.7 Å². The molecule has 7 nitrogen and oxygen atoms in total. The van der Waals surface area contributed by atoms with E-state index in [-0.39, 0.29) is 18.0 Å². The summed E-state index contributed by atoms with van der Waals surface area (Å²) in [6, 6.07) is 11.9. The third kappa shape index (κ3) is 4.27. The van der Waals surface area contributed by atoms with Crippen LogP contribution in [0.25, 0.3) is 0 Å². The number of nitrogens with two attached hydrogens (primary N) is 1. The average Bonchev–Trinajstić information content (AvgIpc) is 2.61. The van der Waals surface area contributed by atoms with Gasteiger partial charge in [0.15, 0.2) is 4.90 Å². The Morgan fingerprint density at radius 3 is 2.35 bits per heavy atom. The first-order valence-corrected chi connectivity index (χ1v) is 9.71. The first kappa shape index (κ1) is 20.0. The van der Waals surface area contributed by atoms with E-state index in [2.05, 4.69) is 0 Å². The number of nitro groups is 1. The topological polar surface area (TPSA) is 107 Å². The molecule has 0 atom stereocenters. The molecule has 0 saturated heterocycles. The third-order valence-electron chi connectivity index (χ3n) is 4.26. The van der Waals surface area contributed by atoms with E-state index < -0.39 is 20.6 Å². The van der Waals surface area contributed by atoms with Crippen molar-refractivity contribution in [1.29, 1.82) is 0 Å². The van der Waals surface area contributed by atoms with Crippen molar-refractivity contribution in [1.82, 2.24) is 4.31 Å². The standard InChI is InChI=1S/C18H23N3O4S/c1-14-9-10-17(21(22)23)18(15(14)2)26(24,25)20(12-6-11-19)13-16-7-4-3-5-8-16/h3-5,7-10H,6,11-13,19H2,1-2H3. The summed E-state index contributed by atoms with van der Waals surface area (Å²) in [4.78, 5) is 10.5. The SMILES string of the molecule is Cc1ccc([N+](=O)[O-])c(S(=O)(=O)N(CCCN)Cc2ccccc2)c1C. The van der Waals surface area contributed by atoms with Crippen LogP contribution in [0.15, 0.2) is 47.4 Å². The normalized spacial score (nSPS) is 11.7. The molecule has 26 heavy (non-hydrogen) atoms. The average molecular weight is 377 g/mol. The number of sulfonamides is 1. The van der Waals surface area contributed by atoms with Crippen molar-refractivity contribution in [2.75, 3.05) is 13.1 Å². The molecule has 0 spiro atoms. The minimum atomic E-state index is -4.06. The number of rotatable bonds is 8. The van der Waals surface area contributed by atoms with Crippen LogP contribution in [0.5, 0.6) is 0 Å². The van der Waals surface area contributed by atoms with E-state index in [0.29, 0.717) is 24.1 Å². The molecule has 0 saturated carbocycles. The van der Waals surface area contributed by atoms with Crippen LogP contribution in [0.1, 0.15) is 23.1 Å². The first-order valence-electron chi connectivity index (χ1n) is 8.27. The van der Waals surface area contributed by atoms with Crippen LogP contribution in [0.3, 0.4) is 0 Å². The zero-order chi connectivity index (χ0) is 19.3. The van der Waals surface area contributed by atoms with Crippen LogP contribution in [-0.2, 0) is 16.6 Å². The minimum absolute atomic E-state index is 0.133. The van der Waals surface area contributed by atoms with Gasteiger partial charge in [0.1, 0.15) is 0 Å². The number of nitrogens with zero attached hydrogens (tertiary/aromatic N) is 2. The number of hydrogen-bond donors (Lipinski definition) is 1. The molecule has 2 aromatic carbocycles. The lowest BCUT2D eigenvalue weighted by Gasteiger charge is -2.23. The predicted molar refractivity (Wildman–Crippen MR) is 100 cm³/mol. The maximum Gasteiger partial charge on any atom is 0.289 e. The summed E-state index contributed by atoms with van der Waals surface area (Å²) in [6.07, 6.45) is 0.463. The molecule has 0 aliphatic heterocycles. The molecular formula is C18H23N3O4S. The Hall–Kier alpha value is -2.29. The molecule has 0 bridgehead atoms. The summed E-state index contributed by atoms with van der Waals surface area (Å²) in [7, 11) is -4.06. The Kier molecular flexibility index (Phi) is 6.47. The molecule has 2 aromatic rings. The van der Waals surface area contributed by atoms with Gasteiger partial charge >= 0.3 is 0 Å². The summed E-state index contributed by atoms with van der Waals surface area (Å²) < 4.78 is 27.9. The van der Waals surface area contributed by atoms with Gasteiger partial charge in [-0.15, -0.1) is 0 Å². The second-order valence-electron chi connectivity index (χ2n) is 6.08. The predicted octanol–water partition coefficient (Wildman–Crippen LogP) is 2.75. The van der Waals surface area contributed by atoms with Crippen LogP contribution in [0, 0.1) is 24.0 Å². The fourth-order valence-corrected chi connectivity index (χ4v) is 4.61. The largest absolute Gasteiger partial charge is 0.330 e. The van der Waals surface area contributed by atoms with Crippen LogP contribution in [0.4, 0.5) is 5.69 Å². The highest BCUT2D eigenvalue weighted by molar-refractivity contribution is 7.89. The van der Waals surface area contributed by atoms with E-state index in [1.807, 2.05) is 30.3 Å². The summed E-state index contributed by atoms with van der Waals surface area (Å²) in [6.45, 7) is 3.99. The van der Waals surface area contributed by atoms with Gasteiger partial charge in [0.05, 0.1) is 4.92 Å². The van der Waals surface area contributed by atoms with Gasteiger partial charge in [0.25, 0.3) is 5.69 Å². The van der Waals surface area contributed by atoms with E-state index in [9.17, 15) is 18.5 Å². The van der Waals surface area contributed by atoms with Crippen molar-refractivity contribution in [3.63, 3.8) is 0 Å². The van der Waals surface area contributed by atoms with E-state index in [0.717, 1.165) is 5.56 Å². The van der Waals surface area contributed by atoms with Gasteiger partial charge in [-0.25, -0.2) is 8.42 Å². The van der Waals surface area contributed by atoms with Crippen molar-refractivity contribution >= 4 is 15.7 Å². The molecule has 0 fully saturated rings. The highest BCUT2D eigenvalue weighted by Gasteiger charge is 2.33. The molecule has 2 rings (SSSR count). The maximum absolute atomic E-state index is 13.3. The summed E-state index contributed by atoms with van der Waals surface area (Å²) in [5.74, 6) is 0. The highest BCUT2D eigenvalue weighted by atomic mass is 32.2. The molecule has 0 heterocycles. The molecule has 0 unspecified atom stereocenters. The van der Waals surface area contributed by atoms with Crippen LogP contribution in [-0.4, -0.2) is 30.7 Å². The van der Waals surface area contributed by atoms with Crippen LogP contribution in [0.2, 0.25) is 0 Å². The maximum atomic E-state index is 13.3. The summed E-state index contributed by atoms with van der Waals surface area (Å²) in [5.41, 5.74) is 7.04. The third-order valence-corrected chi connectivity index (χ3v) is 6.29. The molecule has 140 valence electrons. The zero-order valence-electron chi connectivity index (χ0n) is 14.9. The van der Waals surface area contributed by atoms with Crippen LogP contribution < -0.4 is 5.73 Å². The molecule has 2 N–H and O–H groups in total. The van der Waals surface area contributed by atoms with Crippen LogP contribution >= 0.6 is 0 Å². The molecule has 0 aliphatic rings. The molecule has 0 aromatic heterocycles. The molecular weight excluding hydrogens is 354 g/mol. The lowest BCUT2D eigenvalue weighted by atomic mass is 10.1. The van der Waals surface area contributed by atoms with Gasteiger partial charge in [-0.05, 0) is 43.5 Å². The summed E-state index contributed by atoms with van der Waals surface area (Å²) >= 11 is 0. The van der Waals surface area contributed by atoms with E-state index in [1.165, 1.54) is 10.4 Å². The van der Waals surface area contributed by atoms with Gasteiger partial charge in [-0.2, -0.15) is 4.31 Å². The second-order valence-corrected chi connectivity index (χ2v) is 7.95. The zero-order valence-corrected chi connectivity index (χ0v) is 15.7. The molecule has 0 amide bonds. The van der Waals surface area contributed by atoms with Crippen molar-refractivity contribution < 1.29 is 13.3 Å². The Balaban J connectivity index is 2.56. The summed E-state index contributed by atoms with van der Waals surface area (Å²) in [5, 5.41) is 11.4. The molecule has 0 radical (unpaired) electrons. The van der Waals surface area contributed by atoms with E-state index in [1.54, 1.807) is 19.9 Å². The Bertz CT molecular complexity index is 883. The first-order chi connectivity index (χ1) is 12.3. The Morgan fingerprint density at radius 2 is 1.77 bits per heavy atom. The molecule has 0 aliphatic carbocycles.